The second-order valence-corrected chi connectivity index (χ2v) is 5.07. The van der Waals surface area contributed by atoms with Gasteiger partial charge in [-0.25, -0.2) is 0 Å². The first kappa shape index (κ1) is 13.4. The molecule has 1 aliphatic rings. The molecule has 1 aliphatic carbocycles. The van der Waals surface area contributed by atoms with Crippen LogP contribution in [0.3, 0.4) is 0 Å². The second-order valence-electron chi connectivity index (χ2n) is 5.07. The lowest BCUT2D eigenvalue weighted by molar-refractivity contribution is 0.135. The van der Waals surface area contributed by atoms with Crippen LogP contribution in [0.5, 0.6) is 5.75 Å². The molecule has 1 aromatic carbocycles. The number of hydrogen-bond acceptors (Lipinski definition) is 3. The molecular formula is C15H23NO2. The number of fused-ring (bicyclic) bond motifs is 1. The van der Waals surface area contributed by atoms with Crippen molar-refractivity contribution in [2.24, 2.45) is 5.73 Å². The average Bonchev–Trinajstić information content (AvgIpc) is 2.37. The van der Waals surface area contributed by atoms with E-state index in [-0.39, 0.29) is 12.1 Å². The number of methoxy groups -OCH3 is 1. The zero-order valence-corrected chi connectivity index (χ0v) is 11.3. The predicted octanol–water partition coefficient (Wildman–Crippen LogP) is 2.83. The molecule has 1 aromatic rings. The topological polar surface area (TPSA) is 44.5 Å². The van der Waals surface area contributed by atoms with E-state index in [1.807, 2.05) is 0 Å². The van der Waals surface area contributed by atoms with Crippen LogP contribution in [0.2, 0.25) is 0 Å². The van der Waals surface area contributed by atoms with Gasteiger partial charge in [0.05, 0.1) is 6.10 Å². The van der Waals surface area contributed by atoms with Crippen LogP contribution in [0.15, 0.2) is 18.2 Å². The molecule has 0 saturated carbocycles. The Kier molecular flexibility index (Phi) is 4.61. The summed E-state index contributed by atoms with van der Waals surface area (Å²) in [5.74, 6) is 0.926. The lowest BCUT2D eigenvalue weighted by Crippen LogP contribution is -2.18. The van der Waals surface area contributed by atoms with Gasteiger partial charge in [0, 0.05) is 26.2 Å². The van der Waals surface area contributed by atoms with Crippen LogP contribution in [0.1, 0.15) is 43.4 Å². The molecule has 0 saturated heterocycles. The quantitative estimate of drug-likeness (QED) is 0.872. The monoisotopic (exact) mass is 249 g/mol. The SMILES string of the molecule is COCCC(C)Oc1ccc2c(c1)C(N)CCC2. The van der Waals surface area contributed by atoms with Crippen molar-refractivity contribution in [3.05, 3.63) is 29.3 Å². The molecule has 0 amide bonds. The van der Waals surface area contributed by atoms with Crippen LogP contribution in [-0.2, 0) is 11.2 Å². The van der Waals surface area contributed by atoms with Gasteiger partial charge in [-0.1, -0.05) is 6.07 Å². The van der Waals surface area contributed by atoms with Crippen molar-refractivity contribution >= 4 is 0 Å². The van der Waals surface area contributed by atoms with Gasteiger partial charge in [0.15, 0.2) is 0 Å². The van der Waals surface area contributed by atoms with E-state index in [4.69, 9.17) is 15.2 Å². The fraction of sp³-hybridized carbons (Fsp3) is 0.600. The smallest absolute Gasteiger partial charge is 0.120 e. The number of hydrogen-bond donors (Lipinski definition) is 1. The van der Waals surface area contributed by atoms with Crippen molar-refractivity contribution in [3.8, 4) is 5.75 Å². The first-order chi connectivity index (χ1) is 8.70. The maximum atomic E-state index is 6.15. The Morgan fingerprint density at radius 2 is 2.28 bits per heavy atom. The summed E-state index contributed by atoms with van der Waals surface area (Å²) < 4.78 is 11.0. The Morgan fingerprint density at radius 3 is 3.06 bits per heavy atom. The molecule has 3 nitrogen and oxygen atoms in total. The van der Waals surface area contributed by atoms with E-state index in [1.165, 1.54) is 17.5 Å². The average molecular weight is 249 g/mol. The summed E-state index contributed by atoms with van der Waals surface area (Å²) in [6.07, 6.45) is 4.49. The maximum Gasteiger partial charge on any atom is 0.120 e. The van der Waals surface area contributed by atoms with Crippen LogP contribution < -0.4 is 10.5 Å². The first-order valence-corrected chi connectivity index (χ1v) is 6.74. The third-order valence-corrected chi connectivity index (χ3v) is 3.54. The lowest BCUT2D eigenvalue weighted by atomic mass is 9.88. The first-order valence-electron chi connectivity index (χ1n) is 6.74. The van der Waals surface area contributed by atoms with Crippen LogP contribution in [0, 0.1) is 0 Å². The molecule has 3 heteroatoms. The molecule has 0 aromatic heterocycles. The zero-order chi connectivity index (χ0) is 13.0. The number of aryl methyl sites for hydroxylation is 1. The fourth-order valence-electron chi connectivity index (χ4n) is 2.46. The lowest BCUT2D eigenvalue weighted by Gasteiger charge is -2.23. The molecule has 0 spiro atoms. The number of ether oxygens (including phenoxy) is 2. The van der Waals surface area contributed by atoms with Crippen LogP contribution in [0.25, 0.3) is 0 Å². The predicted molar refractivity (Wildman–Crippen MR) is 72.9 cm³/mol. The zero-order valence-electron chi connectivity index (χ0n) is 11.3. The Hall–Kier alpha value is -1.06. The molecule has 100 valence electrons. The van der Waals surface area contributed by atoms with Gasteiger partial charge in [-0.15, -0.1) is 0 Å². The van der Waals surface area contributed by atoms with E-state index in [0.29, 0.717) is 0 Å². The van der Waals surface area contributed by atoms with E-state index in [1.54, 1.807) is 7.11 Å². The van der Waals surface area contributed by atoms with Crippen molar-refractivity contribution in [2.75, 3.05) is 13.7 Å². The Labute approximate surface area is 109 Å². The molecule has 0 aliphatic heterocycles. The summed E-state index contributed by atoms with van der Waals surface area (Å²) in [7, 11) is 1.71. The number of nitrogens with two attached hydrogens (primary N) is 1. The highest BCUT2D eigenvalue weighted by Gasteiger charge is 2.17. The summed E-state index contributed by atoms with van der Waals surface area (Å²) in [6.45, 7) is 2.80. The van der Waals surface area contributed by atoms with Crippen molar-refractivity contribution in [3.63, 3.8) is 0 Å². The van der Waals surface area contributed by atoms with Crippen molar-refractivity contribution in [2.45, 2.75) is 44.8 Å². The fourth-order valence-corrected chi connectivity index (χ4v) is 2.46. The minimum Gasteiger partial charge on any atom is -0.491 e. The summed E-state index contributed by atoms with van der Waals surface area (Å²) in [5, 5.41) is 0. The standard InChI is InChI=1S/C15H23NO2/c1-11(8-9-17-2)18-13-7-6-12-4-3-5-15(16)14(12)10-13/h6-7,10-11,15H,3-5,8-9,16H2,1-2H3. The molecule has 2 rings (SSSR count). The van der Waals surface area contributed by atoms with Gasteiger partial charge in [0.1, 0.15) is 5.75 Å². The Morgan fingerprint density at radius 1 is 1.44 bits per heavy atom. The Bertz CT molecular complexity index is 392. The van der Waals surface area contributed by atoms with Crippen molar-refractivity contribution in [1.82, 2.24) is 0 Å². The minimum atomic E-state index is 0.169. The largest absolute Gasteiger partial charge is 0.491 e. The number of rotatable bonds is 5. The molecule has 18 heavy (non-hydrogen) atoms. The molecule has 0 fully saturated rings. The molecule has 2 unspecified atom stereocenters. The highest BCUT2D eigenvalue weighted by atomic mass is 16.5. The molecule has 0 heterocycles. The molecule has 2 atom stereocenters. The third kappa shape index (κ3) is 3.24. The van der Waals surface area contributed by atoms with E-state index < -0.39 is 0 Å². The highest BCUT2D eigenvalue weighted by molar-refractivity contribution is 5.39. The van der Waals surface area contributed by atoms with Gasteiger partial charge in [-0.2, -0.15) is 0 Å². The van der Waals surface area contributed by atoms with Crippen LogP contribution in [0.4, 0.5) is 0 Å². The van der Waals surface area contributed by atoms with E-state index in [9.17, 15) is 0 Å². The van der Waals surface area contributed by atoms with E-state index >= 15 is 0 Å². The van der Waals surface area contributed by atoms with Crippen molar-refractivity contribution < 1.29 is 9.47 Å². The van der Waals surface area contributed by atoms with Gasteiger partial charge >= 0.3 is 0 Å². The summed E-state index contributed by atoms with van der Waals surface area (Å²) in [4.78, 5) is 0. The van der Waals surface area contributed by atoms with Gasteiger partial charge < -0.3 is 15.2 Å². The Balaban J connectivity index is 2.04. The highest BCUT2D eigenvalue weighted by Crippen LogP contribution is 2.31. The summed E-state index contributed by atoms with van der Waals surface area (Å²) in [5.41, 5.74) is 8.79. The number of benzene rings is 1. The van der Waals surface area contributed by atoms with E-state index in [0.717, 1.165) is 31.6 Å². The maximum absolute atomic E-state index is 6.15. The van der Waals surface area contributed by atoms with Gasteiger partial charge in [-0.05, 0) is 49.4 Å². The molecule has 0 bridgehead atoms. The molecule has 0 radical (unpaired) electrons. The normalized spacial score (nSPS) is 20.3. The molecular weight excluding hydrogens is 226 g/mol. The van der Waals surface area contributed by atoms with Crippen LogP contribution in [-0.4, -0.2) is 19.8 Å². The summed E-state index contributed by atoms with van der Waals surface area (Å²) in [6, 6.07) is 6.50. The molecule has 2 N–H and O–H groups in total. The van der Waals surface area contributed by atoms with Crippen molar-refractivity contribution in [1.29, 1.82) is 0 Å². The third-order valence-electron chi connectivity index (χ3n) is 3.54. The summed E-state index contributed by atoms with van der Waals surface area (Å²) >= 11 is 0. The van der Waals surface area contributed by atoms with Gasteiger partial charge in [0.2, 0.25) is 0 Å². The minimum absolute atomic E-state index is 0.169. The van der Waals surface area contributed by atoms with Gasteiger partial charge in [-0.3, -0.25) is 0 Å². The van der Waals surface area contributed by atoms with Crippen LogP contribution >= 0.6 is 0 Å². The second kappa shape index (κ2) is 6.21. The van der Waals surface area contributed by atoms with Gasteiger partial charge in [0.25, 0.3) is 0 Å². The van der Waals surface area contributed by atoms with E-state index in [2.05, 4.69) is 25.1 Å².